The predicted octanol–water partition coefficient (Wildman–Crippen LogP) is 5.75. The van der Waals surface area contributed by atoms with Gasteiger partial charge in [-0.05, 0) is 18.6 Å². The van der Waals surface area contributed by atoms with Gasteiger partial charge in [0.25, 0.3) is 5.69 Å². The minimum absolute atomic E-state index is 0.0460. The number of nitrogens with one attached hydrogen (secondary N) is 1. The fourth-order valence-corrected chi connectivity index (χ4v) is 3.53. The summed E-state index contributed by atoms with van der Waals surface area (Å²) in [5, 5.41) is 27.7. The summed E-state index contributed by atoms with van der Waals surface area (Å²) in [4.78, 5) is 20.7. The van der Waals surface area contributed by atoms with E-state index in [9.17, 15) is 20.2 Å². The van der Waals surface area contributed by atoms with Crippen molar-refractivity contribution in [1.82, 2.24) is 4.57 Å². The summed E-state index contributed by atoms with van der Waals surface area (Å²) in [6.07, 6.45) is 4.70. The number of fused-ring (bicyclic) bond motifs is 1. The van der Waals surface area contributed by atoms with Crippen LogP contribution in [-0.2, 0) is 6.54 Å². The third-order valence-corrected chi connectivity index (χ3v) is 5.10. The van der Waals surface area contributed by atoms with Crippen molar-refractivity contribution in [3.63, 3.8) is 0 Å². The number of nitro benzene ring substituents is 2. The van der Waals surface area contributed by atoms with Crippen molar-refractivity contribution >= 4 is 45.8 Å². The Balaban J connectivity index is 1.91. The highest BCUT2D eigenvalue weighted by atomic mass is 35.5. The Kier molecular flexibility index (Phi) is 6.63. The van der Waals surface area contributed by atoms with Crippen LogP contribution in [0.25, 0.3) is 10.9 Å². The predicted molar refractivity (Wildman–Crippen MR) is 117 cm³/mol. The molecule has 1 N–H and O–H groups in total. The van der Waals surface area contributed by atoms with Crippen LogP contribution in [0.15, 0.2) is 47.6 Å². The number of hydrazone groups is 1. The standard InChI is InChI=1S/C20H20ClN5O4/c1-2-3-6-11-24-18-8-5-4-7-15(18)16(20(24)21)13-22-23-17-10-9-14(25(27)28)12-19(17)26(29)30/h4-5,7-10,12-13,23H,2-3,6,11H2,1H3/b22-13-. The van der Waals surface area contributed by atoms with Gasteiger partial charge in [0.2, 0.25) is 0 Å². The lowest BCUT2D eigenvalue weighted by Gasteiger charge is -2.06. The second-order valence-corrected chi connectivity index (χ2v) is 7.02. The van der Waals surface area contributed by atoms with Crippen molar-refractivity contribution in [2.24, 2.45) is 5.10 Å². The van der Waals surface area contributed by atoms with Crippen molar-refractivity contribution < 1.29 is 9.85 Å². The van der Waals surface area contributed by atoms with E-state index in [1.54, 1.807) is 0 Å². The number of benzene rings is 2. The molecule has 2 aromatic carbocycles. The molecule has 0 aliphatic rings. The van der Waals surface area contributed by atoms with Gasteiger partial charge in [0.15, 0.2) is 0 Å². The minimum atomic E-state index is -0.697. The van der Waals surface area contributed by atoms with E-state index in [2.05, 4.69) is 17.5 Å². The lowest BCUT2D eigenvalue weighted by molar-refractivity contribution is -0.393. The first-order valence-corrected chi connectivity index (χ1v) is 9.80. The van der Waals surface area contributed by atoms with Gasteiger partial charge in [-0.1, -0.05) is 49.6 Å². The van der Waals surface area contributed by atoms with Crippen LogP contribution in [0.2, 0.25) is 5.15 Å². The Bertz CT molecular complexity index is 1130. The van der Waals surface area contributed by atoms with Crippen LogP contribution in [0, 0.1) is 20.2 Å². The van der Waals surface area contributed by atoms with E-state index in [0.29, 0.717) is 10.7 Å². The summed E-state index contributed by atoms with van der Waals surface area (Å²) in [6.45, 7) is 2.92. The molecule has 0 aliphatic heterocycles. The van der Waals surface area contributed by atoms with Gasteiger partial charge in [-0.15, -0.1) is 0 Å². The Morgan fingerprint density at radius 3 is 2.60 bits per heavy atom. The largest absolute Gasteiger partial charge is 0.331 e. The Morgan fingerprint density at radius 1 is 1.13 bits per heavy atom. The molecule has 3 rings (SSSR count). The van der Waals surface area contributed by atoms with Gasteiger partial charge in [0.1, 0.15) is 10.8 Å². The molecule has 9 nitrogen and oxygen atoms in total. The molecule has 0 aliphatic carbocycles. The number of para-hydroxylation sites is 1. The average Bonchev–Trinajstić information content (AvgIpc) is 2.99. The smallest absolute Gasteiger partial charge is 0.301 e. The van der Waals surface area contributed by atoms with Gasteiger partial charge < -0.3 is 4.57 Å². The normalized spacial score (nSPS) is 11.3. The Hall–Kier alpha value is -3.46. The van der Waals surface area contributed by atoms with E-state index < -0.39 is 15.5 Å². The number of rotatable bonds is 9. The van der Waals surface area contributed by atoms with Crippen LogP contribution in [0.1, 0.15) is 31.7 Å². The van der Waals surface area contributed by atoms with Crippen LogP contribution in [0.3, 0.4) is 0 Å². The molecule has 0 amide bonds. The third kappa shape index (κ3) is 4.41. The van der Waals surface area contributed by atoms with E-state index >= 15 is 0 Å². The zero-order valence-corrected chi connectivity index (χ0v) is 17.0. The number of aryl methyl sites for hydroxylation is 1. The number of unbranched alkanes of at least 4 members (excludes halogenated alkanes) is 2. The summed E-state index contributed by atoms with van der Waals surface area (Å²) >= 11 is 6.61. The second-order valence-electron chi connectivity index (χ2n) is 6.67. The second kappa shape index (κ2) is 9.36. The molecule has 156 valence electrons. The average molecular weight is 430 g/mol. The lowest BCUT2D eigenvalue weighted by Crippen LogP contribution is -1.99. The van der Waals surface area contributed by atoms with Crippen molar-refractivity contribution in [3.05, 3.63) is 73.4 Å². The maximum Gasteiger partial charge on any atom is 0.301 e. The molecule has 1 heterocycles. The first-order valence-electron chi connectivity index (χ1n) is 9.42. The molecule has 0 unspecified atom stereocenters. The summed E-state index contributed by atoms with van der Waals surface area (Å²) in [5.74, 6) is 0. The number of aromatic nitrogens is 1. The van der Waals surface area contributed by atoms with Crippen LogP contribution in [-0.4, -0.2) is 20.6 Å². The quantitative estimate of drug-likeness (QED) is 0.201. The molecule has 0 saturated heterocycles. The van der Waals surface area contributed by atoms with Gasteiger partial charge in [0, 0.05) is 29.1 Å². The number of hydrogen-bond donors (Lipinski definition) is 1. The van der Waals surface area contributed by atoms with Crippen LogP contribution in [0.4, 0.5) is 17.1 Å². The minimum Gasteiger partial charge on any atom is -0.331 e. The van der Waals surface area contributed by atoms with Crippen molar-refractivity contribution in [1.29, 1.82) is 0 Å². The summed E-state index contributed by atoms with van der Waals surface area (Å²) < 4.78 is 2.03. The highest BCUT2D eigenvalue weighted by molar-refractivity contribution is 6.34. The highest BCUT2D eigenvalue weighted by Gasteiger charge is 2.19. The van der Waals surface area contributed by atoms with Crippen molar-refractivity contribution in [3.8, 4) is 0 Å². The number of nitrogens with zero attached hydrogens (tertiary/aromatic N) is 4. The van der Waals surface area contributed by atoms with E-state index in [-0.39, 0.29) is 11.4 Å². The lowest BCUT2D eigenvalue weighted by atomic mass is 10.2. The molecule has 0 fully saturated rings. The number of halogens is 1. The van der Waals surface area contributed by atoms with E-state index in [4.69, 9.17) is 11.6 Å². The first kappa shape index (κ1) is 21.3. The molecular formula is C20H20ClN5O4. The number of anilines is 1. The summed E-state index contributed by atoms with van der Waals surface area (Å²) in [5.41, 5.74) is 3.53. The molecule has 10 heteroatoms. The molecule has 0 saturated carbocycles. The number of nitro groups is 2. The molecular weight excluding hydrogens is 410 g/mol. The molecule has 0 radical (unpaired) electrons. The Labute approximate surface area is 177 Å². The topological polar surface area (TPSA) is 116 Å². The van der Waals surface area contributed by atoms with E-state index in [1.165, 1.54) is 18.3 Å². The SMILES string of the molecule is CCCCCn1c(Cl)c(/C=N\Nc2ccc([N+](=O)[O-])cc2[N+](=O)[O-])c2ccccc21. The van der Waals surface area contributed by atoms with E-state index in [0.717, 1.165) is 42.8 Å². The summed E-state index contributed by atoms with van der Waals surface area (Å²) in [6, 6.07) is 11.1. The van der Waals surface area contributed by atoms with Crippen LogP contribution in [0.5, 0.6) is 0 Å². The fourth-order valence-electron chi connectivity index (χ4n) is 3.21. The van der Waals surface area contributed by atoms with Gasteiger partial charge in [0.05, 0.1) is 22.1 Å². The molecule has 0 atom stereocenters. The third-order valence-electron chi connectivity index (χ3n) is 4.70. The van der Waals surface area contributed by atoms with Gasteiger partial charge in [-0.2, -0.15) is 5.10 Å². The number of non-ortho nitro benzene ring substituents is 1. The molecule has 3 aromatic rings. The zero-order valence-electron chi connectivity index (χ0n) is 16.2. The van der Waals surface area contributed by atoms with Gasteiger partial charge >= 0.3 is 5.69 Å². The van der Waals surface area contributed by atoms with Crippen molar-refractivity contribution in [2.45, 2.75) is 32.7 Å². The Morgan fingerprint density at radius 2 is 1.90 bits per heavy atom. The monoisotopic (exact) mass is 429 g/mol. The van der Waals surface area contributed by atoms with Crippen molar-refractivity contribution in [2.75, 3.05) is 5.43 Å². The van der Waals surface area contributed by atoms with Gasteiger partial charge in [-0.25, -0.2) is 0 Å². The zero-order chi connectivity index (χ0) is 21.7. The van der Waals surface area contributed by atoms with Crippen LogP contribution < -0.4 is 5.43 Å². The fraction of sp³-hybridized carbons (Fsp3) is 0.250. The molecule has 1 aromatic heterocycles. The maximum atomic E-state index is 11.3. The number of hydrogen-bond acceptors (Lipinski definition) is 6. The molecule has 0 bridgehead atoms. The first-order chi connectivity index (χ1) is 14.4. The molecule has 0 spiro atoms. The summed E-state index contributed by atoms with van der Waals surface area (Å²) in [7, 11) is 0. The highest BCUT2D eigenvalue weighted by Crippen LogP contribution is 2.31. The van der Waals surface area contributed by atoms with E-state index in [1.807, 2.05) is 28.8 Å². The van der Waals surface area contributed by atoms with Crippen LogP contribution >= 0.6 is 11.6 Å². The van der Waals surface area contributed by atoms with Gasteiger partial charge in [-0.3, -0.25) is 25.7 Å². The molecule has 30 heavy (non-hydrogen) atoms. The maximum absolute atomic E-state index is 11.3.